The van der Waals surface area contributed by atoms with E-state index in [1.807, 2.05) is 36.4 Å². The van der Waals surface area contributed by atoms with E-state index in [1.54, 1.807) is 0 Å². The molecule has 0 aliphatic carbocycles. The first-order valence-corrected chi connectivity index (χ1v) is 4.80. The fourth-order valence-corrected chi connectivity index (χ4v) is 0.487. The zero-order valence-corrected chi connectivity index (χ0v) is 7.66. The van der Waals surface area contributed by atoms with Gasteiger partial charge in [-0.25, -0.2) is 8.42 Å². The lowest BCUT2D eigenvalue weighted by Gasteiger charge is -1.70. The number of rotatable bonds is 0. The van der Waals surface area contributed by atoms with Crippen LogP contribution in [-0.4, -0.2) is 8.42 Å². The van der Waals surface area contributed by atoms with Crippen LogP contribution in [-0.2, 0) is 9.84 Å². The number of sulfone groups is 1. The van der Waals surface area contributed by atoms with Crippen LogP contribution in [0.3, 0.4) is 0 Å². The molecule has 0 atom stereocenters. The Kier molecular flexibility index (Phi) is 5.11. The molecular weight excluding hydrogens is 184 g/mol. The summed E-state index contributed by atoms with van der Waals surface area (Å²) in [5, 5.41) is 2.85. The lowest BCUT2D eigenvalue weighted by atomic mass is 10.4. The van der Waals surface area contributed by atoms with Gasteiger partial charge < -0.3 is 0 Å². The predicted octanol–water partition coefficient (Wildman–Crippen LogP) is 1.27. The molecule has 0 fully saturated rings. The first-order chi connectivity index (χ1) is 6.12. The van der Waals surface area contributed by atoms with E-state index in [9.17, 15) is 8.42 Å². The Balaban J connectivity index is 0.000000223. The fourth-order valence-electron chi connectivity index (χ4n) is 0.419. The molecule has 0 amide bonds. The van der Waals surface area contributed by atoms with E-state index in [0.717, 1.165) is 0 Å². The molecule has 13 heavy (non-hydrogen) atoms. The van der Waals surface area contributed by atoms with Crippen LogP contribution in [0.1, 0.15) is 0 Å². The molecule has 3 heteroatoms. The van der Waals surface area contributed by atoms with Crippen molar-refractivity contribution in [1.82, 2.24) is 0 Å². The van der Waals surface area contributed by atoms with Gasteiger partial charge >= 0.3 is 0 Å². The molecule has 0 radical (unpaired) electrons. The van der Waals surface area contributed by atoms with Gasteiger partial charge in [0.1, 0.15) is 0 Å². The molecule has 0 N–H and O–H groups in total. The summed E-state index contributed by atoms with van der Waals surface area (Å²) in [6, 6.07) is 12.0. The molecule has 66 valence electrons. The van der Waals surface area contributed by atoms with Crippen LogP contribution in [0.25, 0.3) is 0 Å². The lowest BCUT2D eigenvalue weighted by molar-refractivity contribution is 0.615. The average Bonchev–Trinajstić information content (AvgIpc) is 2.21. The van der Waals surface area contributed by atoms with Crippen LogP contribution >= 0.6 is 0 Å². The minimum absolute atomic E-state index is 1.43. The van der Waals surface area contributed by atoms with Crippen molar-refractivity contribution in [2.75, 3.05) is 0 Å². The highest BCUT2D eigenvalue weighted by Gasteiger charge is 1.92. The smallest absolute Gasteiger partial charge is 0.202 e. The summed E-state index contributed by atoms with van der Waals surface area (Å²) < 4.78 is 19.8. The molecule has 0 aliphatic rings. The highest BCUT2D eigenvalue weighted by Crippen LogP contribution is 1.79. The number of benzene rings is 1. The maximum absolute atomic E-state index is 9.90. The molecular formula is C10H8O2S. The van der Waals surface area contributed by atoms with Crippen molar-refractivity contribution in [3.8, 4) is 23.4 Å². The van der Waals surface area contributed by atoms with E-state index < -0.39 is 9.84 Å². The van der Waals surface area contributed by atoms with Crippen molar-refractivity contribution < 1.29 is 8.42 Å². The second-order valence-corrected chi connectivity index (χ2v) is 3.37. The van der Waals surface area contributed by atoms with Crippen LogP contribution in [0.15, 0.2) is 36.4 Å². The van der Waals surface area contributed by atoms with Crippen molar-refractivity contribution in [2.45, 2.75) is 0 Å². The van der Waals surface area contributed by atoms with Crippen molar-refractivity contribution in [3.63, 3.8) is 0 Å². The maximum Gasteiger partial charge on any atom is 0.283 e. The number of hydrogen-bond donors (Lipinski definition) is 0. The van der Waals surface area contributed by atoms with Crippen molar-refractivity contribution in [1.29, 1.82) is 0 Å². The van der Waals surface area contributed by atoms with Gasteiger partial charge in [0.25, 0.3) is 9.84 Å². The lowest BCUT2D eigenvalue weighted by Crippen LogP contribution is -1.85. The number of hydrogen-bond acceptors (Lipinski definition) is 2. The van der Waals surface area contributed by atoms with Crippen LogP contribution in [0.2, 0.25) is 0 Å². The summed E-state index contributed by atoms with van der Waals surface area (Å²) in [5.74, 6) is 0. The van der Waals surface area contributed by atoms with E-state index in [2.05, 4.69) is 12.8 Å². The van der Waals surface area contributed by atoms with E-state index >= 15 is 0 Å². The van der Waals surface area contributed by atoms with Crippen molar-refractivity contribution in [2.24, 2.45) is 0 Å². The normalized spacial score (nSPS) is 8.46. The van der Waals surface area contributed by atoms with Crippen LogP contribution < -0.4 is 0 Å². The summed E-state index contributed by atoms with van der Waals surface area (Å²) in [4.78, 5) is 0. The summed E-state index contributed by atoms with van der Waals surface area (Å²) in [6.07, 6.45) is 8.87. The molecule has 0 saturated carbocycles. The summed E-state index contributed by atoms with van der Waals surface area (Å²) in [6.45, 7) is 0. The van der Waals surface area contributed by atoms with Crippen molar-refractivity contribution in [3.05, 3.63) is 36.4 Å². The Morgan fingerprint density at radius 1 is 0.769 bits per heavy atom. The SMILES string of the molecule is C#CS(=O)(=O)C#C.c1ccccc1. The highest BCUT2D eigenvalue weighted by atomic mass is 32.2. The Morgan fingerprint density at radius 3 is 1.08 bits per heavy atom. The Labute approximate surface area is 78.5 Å². The third-order valence-corrected chi connectivity index (χ3v) is 1.60. The van der Waals surface area contributed by atoms with Gasteiger partial charge in [0.15, 0.2) is 0 Å². The molecule has 1 rings (SSSR count). The molecule has 1 aromatic rings. The Bertz CT molecular complexity index is 358. The standard InChI is InChI=1S/C6H6.C4H2O2S/c1-2-4-6-5-3-1;1-3-7(5,6)4-2/h1-6H;1-2H. The Morgan fingerprint density at radius 2 is 1.00 bits per heavy atom. The Hall–Kier alpha value is -1.71. The van der Waals surface area contributed by atoms with Gasteiger partial charge in [-0.1, -0.05) is 36.4 Å². The van der Waals surface area contributed by atoms with Gasteiger partial charge in [-0.15, -0.1) is 12.8 Å². The molecule has 0 aromatic heterocycles. The largest absolute Gasteiger partial charge is 0.283 e. The topological polar surface area (TPSA) is 34.1 Å². The molecule has 0 aliphatic heterocycles. The van der Waals surface area contributed by atoms with Crippen LogP contribution in [0.4, 0.5) is 0 Å². The van der Waals surface area contributed by atoms with Gasteiger partial charge in [-0.05, 0) is 0 Å². The quantitative estimate of drug-likeness (QED) is 0.458. The molecule has 2 nitrogen and oxygen atoms in total. The zero-order valence-electron chi connectivity index (χ0n) is 6.84. The number of terminal acetylenes is 2. The van der Waals surface area contributed by atoms with E-state index in [4.69, 9.17) is 0 Å². The molecule has 0 bridgehead atoms. The molecule has 0 saturated heterocycles. The molecule has 0 unspecified atom stereocenters. The van der Waals surface area contributed by atoms with Crippen molar-refractivity contribution >= 4 is 9.84 Å². The minimum Gasteiger partial charge on any atom is -0.202 e. The first kappa shape index (κ1) is 11.3. The highest BCUT2D eigenvalue weighted by molar-refractivity contribution is 8.00. The van der Waals surface area contributed by atoms with Crippen LogP contribution in [0, 0.1) is 23.4 Å². The predicted molar refractivity (Wildman–Crippen MR) is 53.0 cm³/mol. The van der Waals surface area contributed by atoms with E-state index in [0.29, 0.717) is 0 Å². The maximum atomic E-state index is 9.90. The third kappa shape index (κ3) is 6.68. The second kappa shape index (κ2) is 5.88. The monoisotopic (exact) mass is 192 g/mol. The summed E-state index contributed by atoms with van der Waals surface area (Å²) in [5.41, 5.74) is 0. The third-order valence-electron chi connectivity index (χ3n) is 0.977. The van der Waals surface area contributed by atoms with E-state index in [-0.39, 0.29) is 0 Å². The molecule has 0 heterocycles. The molecule has 1 aromatic carbocycles. The van der Waals surface area contributed by atoms with Gasteiger partial charge in [-0.3, -0.25) is 0 Å². The zero-order chi connectivity index (χ0) is 10.2. The van der Waals surface area contributed by atoms with Crippen LogP contribution in [0.5, 0.6) is 0 Å². The minimum atomic E-state index is -3.60. The first-order valence-electron chi connectivity index (χ1n) is 3.32. The fraction of sp³-hybridized carbons (Fsp3) is 0. The van der Waals surface area contributed by atoms with Gasteiger partial charge in [0, 0.05) is 10.5 Å². The summed E-state index contributed by atoms with van der Waals surface area (Å²) >= 11 is 0. The van der Waals surface area contributed by atoms with Gasteiger partial charge in [0.05, 0.1) is 0 Å². The summed E-state index contributed by atoms with van der Waals surface area (Å²) in [7, 11) is -3.60. The average molecular weight is 192 g/mol. The molecule has 0 spiro atoms. The van der Waals surface area contributed by atoms with Gasteiger partial charge in [-0.2, -0.15) is 0 Å². The van der Waals surface area contributed by atoms with Gasteiger partial charge in [0.2, 0.25) is 0 Å². The second-order valence-electron chi connectivity index (χ2n) is 1.89. The van der Waals surface area contributed by atoms with E-state index in [1.165, 1.54) is 10.5 Å².